The molecule has 2 unspecified atom stereocenters. The molecule has 362 valence electrons. The van der Waals surface area contributed by atoms with Crippen LogP contribution < -0.4 is 15.4 Å². The highest BCUT2D eigenvalue weighted by Crippen LogP contribution is 2.49. The number of nitrogens with one attached hydrogen (secondary N) is 4. The molecule has 3 fully saturated rings. The molecule has 3 aliphatic heterocycles. The number of aryl methyl sites for hydroxylation is 1. The van der Waals surface area contributed by atoms with Gasteiger partial charge in [-0.1, -0.05) is 40.2 Å². The molecular formula is C51H60N10O7S. The first-order valence-electron chi connectivity index (χ1n) is 24.1. The Balaban J connectivity index is 0.968. The molecule has 69 heavy (non-hydrogen) atoms. The number of likely N-dealkylation sites (tertiary alicyclic amines) is 2. The predicted octanol–water partition coefficient (Wildman–Crippen LogP) is 9.15. The normalized spacial score (nSPS) is 19.8. The first-order valence-corrected chi connectivity index (χ1v) is 25.0. The Morgan fingerprint density at radius 1 is 0.739 bits per heavy atom. The maximum atomic E-state index is 13.9. The molecule has 2 aromatic carbocycles. The summed E-state index contributed by atoms with van der Waals surface area (Å²) >= 11 is 1.73. The zero-order chi connectivity index (χ0) is 48.2. The molecule has 1 aliphatic carbocycles. The summed E-state index contributed by atoms with van der Waals surface area (Å²) in [7, 11) is 2.59. The molecule has 2 saturated heterocycles. The second kappa shape index (κ2) is 18.7. The van der Waals surface area contributed by atoms with Gasteiger partial charge in [0.2, 0.25) is 18.0 Å². The SMILES string of the molecule is COC(=O)NC(C(=O)N1CCC[C@H]1c1ncc(-c2ccc3c(c2)cc2n3C(c3cnc(C4CCC4)s3)Oc3cc(-c4cnc([C@@H]5CCCN5C(=O)[C@@H](NC(=O)OC)C(C)C)[nH]4)cc(C)c3-2)[nH]1)C(C)C. The number of ether oxygens (including phenoxy) is 3. The molecule has 10 rings (SSSR count). The maximum absolute atomic E-state index is 13.9. The van der Waals surface area contributed by atoms with Gasteiger partial charge in [0.25, 0.3) is 0 Å². The van der Waals surface area contributed by atoms with Gasteiger partial charge in [-0.3, -0.25) is 14.2 Å². The number of thiazole rings is 1. The van der Waals surface area contributed by atoms with E-state index in [1.807, 2.05) is 56.1 Å². The van der Waals surface area contributed by atoms with Crippen molar-refractivity contribution in [2.75, 3.05) is 27.3 Å². The van der Waals surface area contributed by atoms with E-state index in [1.165, 1.54) is 20.6 Å². The van der Waals surface area contributed by atoms with Crippen LogP contribution in [0, 0.1) is 18.8 Å². The van der Waals surface area contributed by atoms with Crippen LogP contribution in [0.15, 0.2) is 55.0 Å². The molecule has 17 nitrogen and oxygen atoms in total. The molecule has 18 heteroatoms. The number of alkyl carbamates (subject to hydrolysis) is 2. The van der Waals surface area contributed by atoms with Gasteiger partial charge in [-0.2, -0.15) is 0 Å². The van der Waals surface area contributed by atoms with Crippen molar-refractivity contribution in [3.05, 3.63) is 82.1 Å². The standard InChI is InChI=1S/C51H60N10O7S/c1-26(2)42(57-50(64)66-6)47(62)59-17-9-13-36(59)44-52-23-33(55-44)30-15-16-35-32(20-30)21-38-41-28(5)19-31(22-39(41)68-49(61(35)38)40-25-54-46(69-40)29-11-8-12-29)34-24-53-45(56-34)37-14-10-18-60(37)48(63)43(27(3)4)58-51(65)67-7/h15-16,19-27,29,36-37,42-43,49H,8-14,17-18H2,1-7H3,(H,52,55)(H,53,56)(H,57,64)(H,58,65)/t36-,37-,42?,43-,49?/m0/s1. The average Bonchev–Trinajstić information content (AvgIpc) is 4.18. The van der Waals surface area contributed by atoms with Crippen LogP contribution in [-0.2, 0) is 19.1 Å². The maximum Gasteiger partial charge on any atom is 0.407 e. The number of carbonyl (C=O) groups is 4. The van der Waals surface area contributed by atoms with Crippen molar-refractivity contribution in [2.24, 2.45) is 11.8 Å². The van der Waals surface area contributed by atoms with Crippen molar-refractivity contribution in [1.29, 1.82) is 0 Å². The number of nitrogens with zero attached hydrogens (tertiary/aromatic N) is 6. The average molecular weight is 957 g/mol. The van der Waals surface area contributed by atoms with Crippen molar-refractivity contribution < 1.29 is 33.4 Å². The van der Waals surface area contributed by atoms with Crippen LogP contribution in [-0.4, -0.2) is 103 Å². The largest absolute Gasteiger partial charge is 0.464 e. The second-order valence-electron chi connectivity index (χ2n) is 19.5. The van der Waals surface area contributed by atoms with Crippen molar-refractivity contribution in [3.8, 4) is 39.5 Å². The Kier molecular flexibility index (Phi) is 12.5. The van der Waals surface area contributed by atoms with E-state index in [0.29, 0.717) is 30.7 Å². The number of benzene rings is 2. The summed E-state index contributed by atoms with van der Waals surface area (Å²) in [5, 5.41) is 7.65. The lowest BCUT2D eigenvalue weighted by Gasteiger charge is -2.30. The number of carbonyl (C=O) groups excluding carboxylic acids is 4. The fourth-order valence-electron chi connectivity index (χ4n) is 10.5. The van der Waals surface area contributed by atoms with Crippen molar-refractivity contribution >= 4 is 46.2 Å². The van der Waals surface area contributed by atoms with Gasteiger partial charge in [0.15, 0.2) is 0 Å². The van der Waals surface area contributed by atoms with Gasteiger partial charge in [0, 0.05) is 47.3 Å². The second-order valence-corrected chi connectivity index (χ2v) is 20.6. The van der Waals surface area contributed by atoms with Gasteiger partial charge in [-0.25, -0.2) is 24.5 Å². The number of rotatable bonds is 12. The van der Waals surface area contributed by atoms with Crippen LogP contribution in [0.1, 0.15) is 124 Å². The van der Waals surface area contributed by atoms with E-state index in [9.17, 15) is 19.2 Å². The van der Waals surface area contributed by atoms with E-state index < -0.39 is 30.5 Å². The predicted molar refractivity (Wildman–Crippen MR) is 260 cm³/mol. The Hall–Kier alpha value is -6.69. The minimum Gasteiger partial charge on any atom is -0.464 e. The lowest BCUT2D eigenvalue weighted by atomic mass is 9.86. The summed E-state index contributed by atoms with van der Waals surface area (Å²) in [6.45, 7) is 10.9. The zero-order valence-corrected chi connectivity index (χ0v) is 40.9. The summed E-state index contributed by atoms with van der Waals surface area (Å²) < 4.78 is 19.1. The molecule has 0 bridgehead atoms. The fraction of sp³-hybridized carbons (Fsp3) is 0.471. The van der Waals surface area contributed by atoms with Crippen molar-refractivity contribution in [3.63, 3.8) is 0 Å². The number of aromatic amines is 2. The molecule has 7 heterocycles. The van der Waals surface area contributed by atoms with Gasteiger partial charge >= 0.3 is 12.2 Å². The lowest BCUT2D eigenvalue weighted by Crippen LogP contribution is -2.51. The number of methoxy groups -OCH3 is 2. The summed E-state index contributed by atoms with van der Waals surface area (Å²) in [5.41, 5.74) is 7.60. The minimum absolute atomic E-state index is 0.130. The number of hydrogen-bond donors (Lipinski definition) is 4. The van der Waals surface area contributed by atoms with Gasteiger partial charge < -0.3 is 44.6 Å². The molecular weight excluding hydrogens is 897 g/mol. The van der Waals surface area contributed by atoms with E-state index in [0.717, 1.165) is 104 Å². The van der Waals surface area contributed by atoms with Crippen molar-refractivity contribution in [1.82, 2.24) is 49.9 Å². The van der Waals surface area contributed by atoms with E-state index in [-0.39, 0.29) is 35.7 Å². The Morgan fingerprint density at radius 3 is 1.88 bits per heavy atom. The monoisotopic (exact) mass is 956 g/mol. The minimum atomic E-state index is -0.723. The molecule has 4 aromatic heterocycles. The quantitative estimate of drug-likeness (QED) is 0.0917. The van der Waals surface area contributed by atoms with Crippen LogP contribution in [0.2, 0.25) is 0 Å². The third-order valence-electron chi connectivity index (χ3n) is 14.4. The molecule has 5 atom stereocenters. The molecule has 1 saturated carbocycles. The van der Waals surface area contributed by atoms with E-state index >= 15 is 0 Å². The summed E-state index contributed by atoms with van der Waals surface area (Å²) in [4.78, 5) is 78.4. The smallest absolute Gasteiger partial charge is 0.407 e. The van der Waals surface area contributed by atoms with E-state index in [4.69, 9.17) is 29.2 Å². The Morgan fingerprint density at radius 2 is 1.33 bits per heavy atom. The number of imidazole rings is 2. The third-order valence-corrected chi connectivity index (χ3v) is 15.6. The number of aromatic nitrogens is 6. The van der Waals surface area contributed by atoms with Gasteiger partial charge in [0.1, 0.15) is 29.5 Å². The van der Waals surface area contributed by atoms with Crippen LogP contribution in [0.5, 0.6) is 5.75 Å². The molecule has 0 spiro atoms. The van der Waals surface area contributed by atoms with Crippen LogP contribution >= 0.6 is 11.3 Å². The van der Waals surface area contributed by atoms with Gasteiger partial charge in [-0.05, 0) is 93.2 Å². The zero-order valence-electron chi connectivity index (χ0n) is 40.1. The number of hydrogen-bond acceptors (Lipinski definition) is 11. The molecule has 0 radical (unpaired) electrons. The fourth-order valence-corrected chi connectivity index (χ4v) is 11.6. The topological polar surface area (TPSA) is 202 Å². The first kappa shape index (κ1) is 46.1. The van der Waals surface area contributed by atoms with Gasteiger partial charge in [-0.15, -0.1) is 11.3 Å². The van der Waals surface area contributed by atoms with Crippen LogP contribution in [0.4, 0.5) is 9.59 Å². The Labute approximate surface area is 404 Å². The summed E-state index contributed by atoms with van der Waals surface area (Å²) in [5.74, 6) is 2.07. The molecule has 4 amide bonds. The third kappa shape index (κ3) is 8.50. The summed E-state index contributed by atoms with van der Waals surface area (Å²) in [6.07, 6.45) is 10.6. The Bertz CT molecular complexity index is 2930. The number of amides is 4. The first-order chi connectivity index (χ1) is 33.3. The van der Waals surface area contributed by atoms with Gasteiger partial charge in [0.05, 0.1) is 71.2 Å². The van der Waals surface area contributed by atoms with E-state index in [2.05, 4.69) is 68.5 Å². The summed E-state index contributed by atoms with van der Waals surface area (Å²) in [6, 6.07) is 10.9. The highest BCUT2D eigenvalue weighted by molar-refractivity contribution is 7.11. The molecule has 4 N–H and O–H groups in total. The molecule has 6 aromatic rings. The van der Waals surface area contributed by atoms with Crippen molar-refractivity contribution in [2.45, 2.75) is 116 Å². The molecule has 4 aliphatic rings. The lowest BCUT2D eigenvalue weighted by molar-refractivity contribution is -0.136. The number of fused-ring (bicyclic) bond motifs is 5. The van der Waals surface area contributed by atoms with Crippen LogP contribution in [0.25, 0.3) is 44.7 Å². The van der Waals surface area contributed by atoms with Crippen LogP contribution in [0.3, 0.4) is 0 Å². The number of H-pyrrole nitrogens is 2. The van der Waals surface area contributed by atoms with E-state index in [1.54, 1.807) is 11.3 Å². The highest BCUT2D eigenvalue weighted by atomic mass is 32.1. The highest BCUT2D eigenvalue weighted by Gasteiger charge is 2.40.